The summed E-state index contributed by atoms with van der Waals surface area (Å²) in [6.07, 6.45) is -1.32. The minimum absolute atomic E-state index is 0.170. The Morgan fingerprint density at radius 3 is 2.32 bits per heavy atom. The van der Waals surface area contributed by atoms with Gasteiger partial charge < -0.3 is 20.3 Å². The number of carbonyl (C=O) groups is 4. The number of hydrogen-bond donors (Lipinski definition) is 3. The Labute approximate surface area is 158 Å². The van der Waals surface area contributed by atoms with Gasteiger partial charge in [0.2, 0.25) is 5.91 Å². The Kier molecular flexibility index (Phi) is 5.96. The molecular formula is C17H18N2O9. The number of hydrogen-bond acceptors (Lipinski definition) is 7. The van der Waals surface area contributed by atoms with E-state index in [0.29, 0.717) is 0 Å². The van der Waals surface area contributed by atoms with Gasteiger partial charge in [0.05, 0.1) is 29.8 Å². The molecule has 28 heavy (non-hydrogen) atoms. The van der Waals surface area contributed by atoms with Crippen molar-refractivity contribution in [2.75, 3.05) is 12.4 Å². The fourth-order valence-corrected chi connectivity index (χ4v) is 3.59. The molecular weight excluding hydrogens is 376 g/mol. The number of ether oxygens (including phenoxy) is 1. The van der Waals surface area contributed by atoms with Crippen LogP contribution in [-0.2, 0) is 23.9 Å². The maximum Gasteiger partial charge on any atom is 0.313 e. The molecule has 3 unspecified atom stereocenters. The van der Waals surface area contributed by atoms with Gasteiger partial charge in [0.1, 0.15) is 0 Å². The summed E-state index contributed by atoms with van der Waals surface area (Å²) in [4.78, 5) is 57.8. The standard InChI is InChI=1S/C17H18N2O9/c1-28-16(25)17(8-13(20)21)7-9(6-12(17)15(23)24)14(22)18-10-2-4-11(5-3-10)19(26)27/h2-5,9,12H,6-8H2,1H3,(H,18,22)(H,20,21)(H,23,24). The highest BCUT2D eigenvalue weighted by Gasteiger charge is 2.59. The number of carboxylic acid groups (broad SMARTS) is 2. The second-order valence-electron chi connectivity index (χ2n) is 6.54. The molecule has 0 radical (unpaired) electrons. The highest BCUT2D eigenvalue weighted by Crippen LogP contribution is 2.50. The number of non-ortho nitro benzene ring substituents is 1. The summed E-state index contributed by atoms with van der Waals surface area (Å²) in [5.41, 5.74) is -1.78. The Morgan fingerprint density at radius 2 is 1.86 bits per heavy atom. The minimum atomic E-state index is -1.86. The molecule has 0 aromatic heterocycles. The molecule has 1 aromatic rings. The van der Waals surface area contributed by atoms with Crippen LogP contribution in [-0.4, -0.2) is 46.1 Å². The summed E-state index contributed by atoms with van der Waals surface area (Å²) in [6, 6.07) is 5.00. The van der Waals surface area contributed by atoms with E-state index in [-0.39, 0.29) is 24.2 Å². The summed E-state index contributed by atoms with van der Waals surface area (Å²) in [6.45, 7) is 0. The molecule has 0 bridgehead atoms. The maximum absolute atomic E-state index is 12.5. The number of anilines is 1. The first-order valence-corrected chi connectivity index (χ1v) is 8.19. The monoisotopic (exact) mass is 394 g/mol. The number of carboxylic acids is 2. The van der Waals surface area contributed by atoms with Gasteiger partial charge in [-0.3, -0.25) is 29.3 Å². The van der Waals surface area contributed by atoms with Crippen LogP contribution in [0.4, 0.5) is 11.4 Å². The van der Waals surface area contributed by atoms with E-state index in [2.05, 4.69) is 10.1 Å². The average molecular weight is 394 g/mol. The van der Waals surface area contributed by atoms with Gasteiger partial charge in [0, 0.05) is 23.7 Å². The number of rotatable bonds is 7. The van der Waals surface area contributed by atoms with E-state index in [4.69, 9.17) is 5.11 Å². The number of methoxy groups -OCH3 is 1. The van der Waals surface area contributed by atoms with Crippen molar-refractivity contribution in [1.29, 1.82) is 0 Å². The zero-order valence-electron chi connectivity index (χ0n) is 14.8. The molecule has 2 rings (SSSR count). The first kappa shape index (κ1) is 20.8. The Hall–Kier alpha value is -3.50. The highest BCUT2D eigenvalue weighted by atomic mass is 16.6. The Balaban J connectivity index is 2.25. The summed E-state index contributed by atoms with van der Waals surface area (Å²) in [5.74, 6) is -6.73. The number of aliphatic carboxylic acids is 2. The van der Waals surface area contributed by atoms with Gasteiger partial charge in [-0.25, -0.2) is 0 Å². The van der Waals surface area contributed by atoms with Crippen LogP contribution in [0.1, 0.15) is 19.3 Å². The summed E-state index contributed by atoms with van der Waals surface area (Å²) in [5, 5.41) is 31.8. The van der Waals surface area contributed by atoms with Gasteiger partial charge >= 0.3 is 17.9 Å². The van der Waals surface area contributed by atoms with Gasteiger partial charge in [-0.05, 0) is 25.0 Å². The van der Waals surface area contributed by atoms with Crippen molar-refractivity contribution in [1.82, 2.24) is 0 Å². The minimum Gasteiger partial charge on any atom is -0.481 e. The van der Waals surface area contributed by atoms with E-state index in [0.717, 1.165) is 7.11 Å². The van der Waals surface area contributed by atoms with Crippen LogP contribution < -0.4 is 5.32 Å². The van der Waals surface area contributed by atoms with Crippen molar-refractivity contribution in [3.8, 4) is 0 Å². The van der Waals surface area contributed by atoms with E-state index in [1.807, 2.05) is 0 Å². The van der Waals surface area contributed by atoms with E-state index in [1.54, 1.807) is 0 Å². The van der Waals surface area contributed by atoms with Crippen molar-refractivity contribution in [3.63, 3.8) is 0 Å². The van der Waals surface area contributed by atoms with Crippen molar-refractivity contribution >= 4 is 35.2 Å². The van der Waals surface area contributed by atoms with Gasteiger partial charge in [-0.1, -0.05) is 0 Å². The van der Waals surface area contributed by atoms with Crippen molar-refractivity contribution in [2.24, 2.45) is 17.3 Å². The van der Waals surface area contributed by atoms with Crippen LogP contribution in [0, 0.1) is 27.4 Å². The molecule has 3 N–H and O–H groups in total. The summed E-state index contributed by atoms with van der Waals surface area (Å²) >= 11 is 0. The lowest BCUT2D eigenvalue weighted by atomic mass is 9.74. The molecule has 1 aliphatic rings. The zero-order chi connectivity index (χ0) is 21.1. The van der Waals surface area contributed by atoms with Crippen molar-refractivity contribution < 1.29 is 39.1 Å². The number of amides is 1. The normalized spacial score (nSPS) is 23.6. The van der Waals surface area contributed by atoms with Gasteiger partial charge in [-0.2, -0.15) is 0 Å². The third-order valence-electron chi connectivity index (χ3n) is 4.87. The first-order valence-electron chi connectivity index (χ1n) is 8.19. The lowest BCUT2D eigenvalue weighted by Crippen LogP contribution is -2.41. The second kappa shape index (κ2) is 8.03. The fraction of sp³-hybridized carbons (Fsp3) is 0.412. The Bertz CT molecular complexity index is 820. The predicted molar refractivity (Wildman–Crippen MR) is 92.3 cm³/mol. The number of carbonyl (C=O) groups excluding carboxylic acids is 2. The lowest BCUT2D eigenvalue weighted by molar-refractivity contribution is -0.384. The zero-order valence-corrected chi connectivity index (χ0v) is 14.8. The molecule has 1 aromatic carbocycles. The SMILES string of the molecule is COC(=O)C1(CC(=O)O)CC(C(=O)Nc2ccc([N+](=O)[O-])cc2)CC1C(=O)O. The molecule has 1 amide bonds. The van der Waals surface area contributed by atoms with Gasteiger partial charge in [0.15, 0.2) is 0 Å². The van der Waals surface area contributed by atoms with Crippen LogP contribution >= 0.6 is 0 Å². The third kappa shape index (κ3) is 4.08. The molecule has 11 nitrogen and oxygen atoms in total. The van der Waals surface area contributed by atoms with E-state index >= 15 is 0 Å². The molecule has 11 heteroatoms. The molecule has 0 heterocycles. The van der Waals surface area contributed by atoms with Crippen molar-refractivity contribution in [3.05, 3.63) is 34.4 Å². The predicted octanol–water partition coefficient (Wildman–Crippen LogP) is 1.28. The van der Waals surface area contributed by atoms with Crippen molar-refractivity contribution in [2.45, 2.75) is 19.3 Å². The maximum atomic E-state index is 12.5. The van der Waals surface area contributed by atoms with Gasteiger partial charge in [-0.15, -0.1) is 0 Å². The fourth-order valence-electron chi connectivity index (χ4n) is 3.59. The van der Waals surface area contributed by atoms with Crippen LogP contribution in [0.3, 0.4) is 0 Å². The van der Waals surface area contributed by atoms with Crippen LogP contribution in [0.15, 0.2) is 24.3 Å². The second-order valence-corrected chi connectivity index (χ2v) is 6.54. The highest BCUT2D eigenvalue weighted by molar-refractivity contribution is 5.96. The molecule has 1 saturated carbocycles. The molecule has 150 valence electrons. The molecule has 0 aliphatic heterocycles. The molecule has 3 atom stereocenters. The molecule has 0 saturated heterocycles. The number of nitro benzene ring substituents is 1. The quantitative estimate of drug-likeness (QED) is 0.349. The van der Waals surface area contributed by atoms with Crippen LogP contribution in [0.25, 0.3) is 0 Å². The topological polar surface area (TPSA) is 173 Å². The smallest absolute Gasteiger partial charge is 0.313 e. The van der Waals surface area contributed by atoms with E-state index in [1.165, 1.54) is 24.3 Å². The van der Waals surface area contributed by atoms with E-state index in [9.17, 15) is 34.4 Å². The number of nitrogens with one attached hydrogen (secondary N) is 1. The van der Waals surface area contributed by atoms with Crippen LogP contribution in [0.2, 0.25) is 0 Å². The summed E-state index contributed by atoms with van der Waals surface area (Å²) in [7, 11) is 1.02. The molecule has 1 aliphatic carbocycles. The van der Waals surface area contributed by atoms with E-state index < -0.39 is 52.4 Å². The Morgan fingerprint density at radius 1 is 1.25 bits per heavy atom. The molecule has 0 spiro atoms. The number of nitrogens with zero attached hydrogens (tertiary/aromatic N) is 1. The van der Waals surface area contributed by atoms with Crippen LogP contribution in [0.5, 0.6) is 0 Å². The largest absolute Gasteiger partial charge is 0.481 e. The van der Waals surface area contributed by atoms with Gasteiger partial charge in [0.25, 0.3) is 5.69 Å². The lowest BCUT2D eigenvalue weighted by Gasteiger charge is -2.28. The summed E-state index contributed by atoms with van der Waals surface area (Å²) < 4.78 is 4.64. The average Bonchev–Trinajstić information content (AvgIpc) is 3.01. The number of esters is 1. The third-order valence-corrected chi connectivity index (χ3v) is 4.87. The first-order chi connectivity index (χ1) is 13.1. The molecule has 1 fully saturated rings. The number of nitro groups is 1. The number of benzene rings is 1.